The first-order chi connectivity index (χ1) is 13.7. The molecule has 9 heteroatoms. The van der Waals surface area contributed by atoms with Crippen LogP contribution in [-0.4, -0.2) is 17.3 Å². The fourth-order valence-electron chi connectivity index (χ4n) is 2.21. The molecule has 0 fully saturated rings. The highest BCUT2D eigenvalue weighted by atomic mass is 79.9. The number of amides is 1. The standard InChI is InChI=1S/C20H19BrCl3NO4/c1-3-4-5-18(26)28-13-9-15(23)19(16(24)10-13)29-12-6-7-17(14(21)8-12)25-20(27)11(2)22/h6-11H,3-5H2,1-2H3,(H,25,27). The summed E-state index contributed by atoms with van der Waals surface area (Å²) in [6, 6.07) is 7.89. The highest BCUT2D eigenvalue weighted by Crippen LogP contribution is 2.40. The lowest BCUT2D eigenvalue weighted by Gasteiger charge is -2.14. The van der Waals surface area contributed by atoms with Gasteiger partial charge in [0.15, 0.2) is 5.75 Å². The molecule has 0 saturated carbocycles. The summed E-state index contributed by atoms with van der Waals surface area (Å²) in [5, 5.41) is 2.42. The van der Waals surface area contributed by atoms with Gasteiger partial charge >= 0.3 is 5.97 Å². The number of rotatable bonds is 8. The summed E-state index contributed by atoms with van der Waals surface area (Å²) < 4.78 is 11.6. The number of halogens is 4. The molecule has 2 aromatic carbocycles. The smallest absolute Gasteiger partial charge is 0.311 e. The lowest BCUT2D eigenvalue weighted by Crippen LogP contribution is -2.20. The third kappa shape index (κ3) is 7.07. The fraction of sp³-hybridized carbons (Fsp3) is 0.300. The second kappa shape index (κ2) is 11.1. The lowest BCUT2D eigenvalue weighted by molar-refractivity contribution is -0.134. The Balaban J connectivity index is 2.14. The molecular weight excluding hydrogens is 504 g/mol. The fourth-order valence-corrected chi connectivity index (χ4v) is 3.26. The maximum absolute atomic E-state index is 11.8. The van der Waals surface area contributed by atoms with Gasteiger partial charge in [0.2, 0.25) is 5.91 Å². The normalized spacial score (nSPS) is 11.7. The number of anilines is 1. The average Bonchev–Trinajstić information content (AvgIpc) is 2.65. The average molecular weight is 524 g/mol. The van der Waals surface area contributed by atoms with Gasteiger partial charge in [-0.3, -0.25) is 9.59 Å². The third-order valence-electron chi connectivity index (χ3n) is 3.72. The molecule has 2 rings (SSSR count). The van der Waals surface area contributed by atoms with Crippen molar-refractivity contribution >= 4 is 68.3 Å². The van der Waals surface area contributed by atoms with E-state index in [1.807, 2.05) is 6.92 Å². The minimum atomic E-state index is -0.662. The van der Waals surface area contributed by atoms with Crippen LogP contribution in [0.4, 0.5) is 5.69 Å². The Morgan fingerprint density at radius 1 is 1.14 bits per heavy atom. The molecule has 0 radical (unpaired) electrons. The number of ether oxygens (including phenoxy) is 2. The van der Waals surface area contributed by atoms with Gasteiger partial charge in [0.05, 0.1) is 15.7 Å². The highest BCUT2D eigenvalue weighted by Gasteiger charge is 2.15. The second-order valence-corrected chi connectivity index (χ2v) is 8.47. The molecule has 1 unspecified atom stereocenters. The quantitative estimate of drug-likeness (QED) is 0.226. The zero-order valence-electron chi connectivity index (χ0n) is 15.7. The van der Waals surface area contributed by atoms with Gasteiger partial charge in [0.25, 0.3) is 0 Å². The first kappa shape index (κ1) is 23.8. The van der Waals surface area contributed by atoms with E-state index in [-0.39, 0.29) is 33.4 Å². The van der Waals surface area contributed by atoms with E-state index in [1.165, 1.54) is 12.1 Å². The van der Waals surface area contributed by atoms with Crippen LogP contribution >= 0.6 is 50.7 Å². The van der Waals surface area contributed by atoms with Crippen LogP contribution in [-0.2, 0) is 9.59 Å². The van der Waals surface area contributed by atoms with Gasteiger partial charge in [0, 0.05) is 23.0 Å². The largest absolute Gasteiger partial charge is 0.454 e. The first-order valence-electron chi connectivity index (χ1n) is 8.83. The number of unbranched alkanes of at least 4 members (excludes halogenated alkanes) is 1. The number of alkyl halides is 1. The van der Waals surface area contributed by atoms with Crippen LogP contribution in [0.25, 0.3) is 0 Å². The Morgan fingerprint density at radius 2 is 1.79 bits per heavy atom. The molecule has 29 heavy (non-hydrogen) atoms. The molecule has 0 aliphatic heterocycles. The summed E-state index contributed by atoms with van der Waals surface area (Å²) in [7, 11) is 0. The molecule has 5 nitrogen and oxygen atoms in total. The van der Waals surface area contributed by atoms with Crippen LogP contribution in [0.3, 0.4) is 0 Å². The summed E-state index contributed by atoms with van der Waals surface area (Å²) in [6.07, 6.45) is 1.96. The van der Waals surface area contributed by atoms with E-state index in [9.17, 15) is 9.59 Å². The molecule has 0 aliphatic rings. The first-order valence-corrected chi connectivity index (χ1v) is 10.8. The molecule has 0 bridgehead atoms. The molecule has 0 aromatic heterocycles. The molecule has 1 N–H and O–H groups in total. The van der Waals surface area contributed by atoms with Gasteiger partial charge in [-0.25, -0.2) is 0 Å². The Hall–Kier alpha value is -1.47. The molecule has 0 saturated heterocycles. The van der Waals surface area contributed by atoms with E-state index in [1.54, 1.807) is 25.1 Å². The molecular formula is C20H19BrCl3NO4. The summed E-state index contributed by atoms with van der Waals surface area (Å²) in [4.78, 5) is 23.5. The molecule has 156 valence electrons. The Morgan fingerprint density at radius 3 is 2.34 bits per heavy atom. The van der Waals surface area contributed by atoms with Gasteiger partial charge in [-0.05, 0) is 47.5 Å². The Bertz CT molecular complexity index is 882. The minimum Gasteiger partial charge on any atom is -0.454 e. The number of hydrogen-bond donors (Lipinski definition) is 1. The van der Waals surface area contributed by atoms with E-state index in [4.69, 9.17) is 44.3 Å². The van der Waals surface area contributed by atoms with E-state index in [2.05, 4.69) is 21.2 Å². The summed E-state index contributed by atoms with van der Waals surface area (Å²) in [5.41, 5.74) is 0.543. The van der Waals surface area contributed by atoms with E-state index < -0.39 is 5.38 Å². The van der Waals surface area contributed by atoms with Crippen molar-refractivity contribution in [2.24, 2.45) is 0 Å². The SMILES string of the molecule is CCCCC(=O)Oc1cc(Cl)c(Oc2ccc(NC(=O)C(C)Cl)c(Br)c2)c(Cl)c1. The zero-order chi connectivity index (χ0) is 21.6. The minimum absolute atomic E-state index is 0.195. The van der Waals surface area contributed by atoms with Gasteiger partial charge < -0.3 is 14.8 Å². The Kier molecular flexibility index (Phi) is 9.08. The second-order valence-electron chi connectivity index (χ2n) is 6.14. The molecule has 0 spiro atoms. The maximum atomic E-state index is 11.8. The maximum Gasteiger partial charge on any atom is 0.311 e. The molecule has 1 atom stereocenters. The van der Waals surface area contributed by atoms with Crippen molar-refractivity contribution in [2.45, 2.75) is 38.5 Å². The van der Waals surface area contributed by atoms with Crippen LogP contribution in [0.5, 0.6) is 17.2 Å². The van der Waals surface area contributed by atoms with Crippen molar-refractivity contribution < 1.29 is 19.1 Å². The van der Waals surface area contributed by atoms with Gasteiger partial charge in [-0.15, -0.1) is 11.6 Å². The van der Waals surface area contributed by atoms with E-state index in [0.717, 1.165) is 12.8 Å². The van der Waals surface area contributed by atoms with Gasteiger partial charge in [0.1, 0.15) is 16.9 Å². The molecule has 1 amide bonds. The van der Waals surface area contributed by atoms with Crippen molar-refractivity contribution in [3.63, 3.8) is 0 Å². The van der Waals surface area contributed by atoms with Crippen LogP contribution < -0.4 is 14.8 Å². The van der Waals surface area contributed by atoms with E-state index in [0.29, 0.717) is 22.3 Å². The van der Waals surface area contributed by atoms with Crippen LogP contribution in [0.15, 0.2) is 34.8 Å². The number of hydrogen-bond acceptors (Lipinski definition) is 4. The van der Waals surface area contributed by atoms with Crippen LogP contribution in [0.1, 0.15) is 33.1 Å². The zero-order valence-corrected chi connectivity index (χ0v) is 19.6. The molecule has 0 heterocycles. The predicted molar refractivity (Wildman–Crippen MR) is 120 cm³/mol. The van der Waals surface area contributed by atoms with Gasteiger partial charge in [-0.1, -0.05) is 36.5 Å². The van der Waals surface area contributed by atoms with Crippen LogP contribution in [0, 0.1) is 0 Å². The third-order valence-corrected chi connectivity index (χ3v) is 5.13. The molecule has 2 aromatic rings. The number of esters is 1. The number of nitrogens with one attached hydrogen (secondary N) is 1. The monoisotopic (exact) mass is 521 g/mol. The number of benzene rings is 2. The highest BCUT2D eigenvalue weighted by molar-refractivity contribution is 9.10. The predicted octanol–water partition coefficient (Wildman–Crippen LogP) is 7.21. The van der Waals surface area contributed by atoms with Crippen molar-refractivity contribution in [2.75, 3.05) is 5.32 Å². The molecule has 0 aliphatic carbocycles. The number of carbonyl (C=O) groups excluding carboxylic acids is 2. The lowest BCUT2D eigenvalue weighted by atomic mass is 10.2. The van der Waals surface area contributed by atoms with Crippen molar-refractivity contribution in [1.29, 1.82) is 0 Å². The summed E-state index contributed by atoms with van der Waals surface area (Å²) in [6.45, 7) is 3.57. The number of carbonyl (C=O) groups is 2. The van der Waals surface area contributed by atoms with Crippen molar-refractivity contribution in [3.05, 3.63) is 44.8 Å². The summed E-state index contributed by atoms with van der Waals surface area (Å²) in [5.74, 6) is 0.240. The topological polar surface area (TPSA) is 64.6 Å². The Labute approximate surface area is 192 Å². The van der Waals surface area contributed by atoms with E-state index >= 15 is 0 Å². The summed E-state index contributed by atoms with van der Waals surface area (Å²) >= 11 is 21.7. The van der Waals surface area contributed by atoms with Gasteiger partial charge in [-0.2, -0.15) is 0 Å². The van der Waals surface area contributed by atoms with Crippen LogP contribution in [0.2, 0.25) is 10.0 Å². The van der Waals surface area contributed by atoms with Crippen molar-refractivity contribution in [1.82, 2.24) is 0 Å². The van der Waals surface area contributed by atoms with Crippen molar-refractivity contribution in [3.8, 4) is 17.2 Å².